The monoisotopic (exact) mass is 226 g/mol. The largest absolute Gasteiger partial charge is 0.499 e. The van der Waals surface area contributed by atoms with Gasteiger partial charge in [0.05, 0.1) is 6.61 Å². The van der Waals surface area contributed by atoms with Crippen LogP contribution in [-0.4, -0.2) is 11.7 Å². The summed E-state index contributed by atoms with van der Waals surface area (Å²) in [7, 11) is 0. The average molecular weight is 226 g/mol. The zero-order valence-corrected chi connectivity index (χ0v) is 9.36. The van der Waals surface area contributed by atoms with Gasteiger partial charge in [-0.3, -0.25) is 0 Å². The number of rotatable bonds is 2. The molecule has 0 aliphatic heterocycles. The zero-order chi connectivity index (χ0) is 10.1. The van der Waals surface area contributed by atoms with Crippen molar-refractivity contribution in [3.05, 3.63) is 18.2 Å². The van der Waals surface area contributed by atoms with E-state index in [-0.39, 0.29) is 0 Å². The van der Waals surface area contributed by atoms with Gasteiger partial charge < -0.3 is 9.84 Å². The third-order valence-corrected chi connectivity index (χ3v) is 3.16. The molecule has 1 heterocycles. The Morgan fingerprint density at radius 2 is 2.29 bits per heavy atom. The van der Waals surface area contributed by atoms with Crippen molar-refractivity contribution >= 4 is 34.1 Å². The Morgan fingerprint density at radius 1 is 1.50 bits per heavy atom. The smallest absolute Gasteiger partial charge is 0.172 e. The maximum atomic E-state index is 9.38. The molecular weight excluding hydrogens is 216 g/mol. The van der Waals surface area contributed by atoms with Crippen LogP contribution in [0.4, 0.5) is 0 Å². The first-order valence-corrected chi connectivity index (χ1v) is 5.56. The fourth-order valence-electron chi connectivity index (χ4n) is 1.36. The fourth-order valence-corrected chi connectivity index (χ4v) is 2.42. The van der Waals surface area contributed by atoms with Crippen LogP contribution in [0.25, 0.3) is 10.1 Å². The molecule has 0 saturated heterocycles. The lowest BCUT2D eigenvalue weighted by molar-refractivity contribution is 0.337. The molecule has 14 heavy (non-hydrogen) atoms. The second-order valence-electron chi connectivity index (χ2n) is 2.84. The summed E-state index contributed by atoms with van der Waals surface area (Å²) in [5, 5.41) is 10.6. The van der Waals surface area contributed by atoms with E-state index in [2.05, 4.69) is 12.6 Å². The van der Waals surface area contributed by atoms with E-state index in [1.54, 1.807) is 6.07 Å². The molecule has 0 fully saturated rings. The van der Waals surface area contributed by atoms with Gasteiger partial charge in [0.2, 0.25) is 0 Å². The van der Waals surface area contributed by atoms with Crippen LogP contribution in [0.2, 0.25) is 0 Å². The highest BCUT2D eigenvalue weighted by Crippen LogP contribution is 2.39. The van der Waals surface area contributed by atoms with Crippen molar-refractivity contribution < 1.29 is 9.84 Å². The third kappa shape index (κ3) is 1.55. The van der Waals surface area contributed by atoms with Gasteiger partial charge in [-0.15, -0.1) is 12.6 Å². The number of thiophene rings is 1. The summed E-state index contributed by atoms with van der Waals surface area (Å²) in [6.07, 6.45) is 0. The van der Waals surface area contributed by atoms with Crippen LogP contribution in [0.3, 0.4) is 0 Å². The molecule has 1 aromatic heterocycles. The molecule has 0 unspecified atom stereocenters. The van der Waals surface area contributed by atoms with E-state index >= 15 is 0 Å². The predicted octanol–water partition coefficient (Wildman–Crippen LogP) is 3.29. The van der Waals surface area contributed by atoms with Gasteiger partial charge in [0.1, 0.15) is 5.75 Å². The van der Waals surface area contributed by atoms with Crippen LogP contribution in [0.15, 0.2) is 23.1 Å². The van der Waals surface area contributed by atoms with E-state index < -0.39 is 0 Å². The van der Waals surface area contributed by atoms with Crippen LogP contribution < -0.4 is 4.74 Å². The van der Waals surface area contributed by atoms with Crippen molar-refractivity contribution in [2.24, 2.45) is 0 Å². The molecule has 2 aromatic rings. The molecule has 2 nitrogen and oxygen atoms in total. The summed E-state index contributed by atoms with van der Waals surface area (Å²) in [5.41, 5.74) is 0. The first kappa shape index (κ1) is 9.68. The quantitative estimate of drug-likeness (QED) is 0.769. The summed E-state index contributed by atoms with van der Waals surface area (Å²) in [5.74, 6) is 0.755. The Kier molecular flexibility index (Phi) is 2.56. The van der Waals surface area contributed by atoms with Gasteiger partial charge in [0.15, 0.2) is 5.06 Å². The molecule has 0 aliphatic rings. The van der Waals surface area contributed by atoms with Crippen molar-refractivity contribution in [3.63, 3.8) is 0 Å². The summed E-state index contributed by atoms with van der Waals surface area (Å²) in [6, 6.07) is 5.53. The van der Waals surface area contributed by atoms with Crippen molar-refractivity contribution in [2.45, 2.75) is 11.8 Å². The number of fused-ring (bicyclic) bond motifs is 1. The van der Waals surface area contributed by atoms with E-state index in [4.69, 9.17) is 4.74 Å². The molecule has 0 amide bonds. The first-order chi connectivity index (χ1) is 6.72. The van der Waals surface area contributed by atoms with Crippen molar-refractivity contribution in [3.8, 4) is 10.8 Å². The minimum Gasteiger partial charge on any atom is -0.499 e. The minimum absolute atomic E-state index is 0.305. The second kappa shape index (κ2) is 3.71. The van der Waals surface area contributed by atoms with Gasteiger partial charge >= 0.3 is 0 Å². The Labute approximate surface area is 91.5 Å². The zero-order valence-electron chi connectivity index (χ0n) is 7.65. The molecule has 0 bridgehead atoms. The highest BCUT2D eigenvalue weighted by atomic mass is 32.1. The molecule has 0 spiro atoms. The highest BCUT2D eigenvalue weighted by molar-refractivity contribution is 7.80. The highest BCUT2D eigenvalue weighted by Gasteiger charge is 2.09. The minimum atomic E-state index is 0.305. The van der Waals surface area contributed by atoms with Crippen LogP contribution in [0.5, 0.6) is 10.8 Å². The Balaban J connectivity index is 2.68. The van der Waals surface area contributed by atoms with Gasteiger partial charge in [0, 0.05) is 21.0 Å². The molecule has 4 heteroatoms. The SMILES string of the molecule is CCOc1c(S)ccc2sc(O)cc12. The number of aromatic hydroxyl groups is 1. The molecule has 0 atom stereocenters. The van der Waals surface area contributed by atoms with Crippen molar-refractivity contribution in [1.29, 1.82) is 0 Å². The second-order valence-corrected chi connectivity index (χ2v) is 4.39. The Hall–Kier alpha value is -0.870. The summed E-state index contributed by atoms with van der Waals surface area (Å²) >= 11 is 5.66. The van der Waals surface area contributed by atoms with E-state index in [9.17, 15) is 5.11 Å². The molecular formula is C10H10O2S2. The van der Waals surface area contributed by atoms with Crippen LogP contribution in [-0.2, 0) is 0 Å². The summed E-state index contributed by atoms with van der Waals surface area (Å²) in [6.45, 7) is 2.53. The van der Waals surface area contributed by atoms with Crippen LogP contribution in [0.1, 0.15) is 6.92 Å². The summed E-state index contributed by atoms with van der Waals surface area (Å²) in [4.78, 5) is 0.803. The third-order valence-electron chi connectivity index (χ3n) is 1.91. The Bertz CT molecular complexity index is 462. The number of hydrogen-bond acceptors (Lipinski definition) is 4. The molecule has 0 saturated carbocycles. The lowest BCUT2D eigenvalue weighted by Crippen LogP contribution is -1.92. The van der Waals surface area contributed by atoms with Gasteiger partial charge in [-0.25, -0.2) is 0 Å². The number of thiol groups is 1. The van der Waals surface area contributed by atoms with E-state index in [0.717, 1.165) is 20.7 Å². The summed E-state index contributed by atoms with van der Waals surface area (Å²) < 4.78 is 6.50. The standard InChI is InChI=1S/C10H10O2S2/c1-2-12-10-6-5-9(11)14-8(6)4-3-7(10)13/h3-5,11,13H,2H2,1H3. The van der Waals surface area contributed by atoms with Crippen molar-refractivity contribution in [2.75, 3.05) is 6.61 Å². The normalized spacial score (nSPS) is 10.7. The predicted molar refractivity (Wildman–Crippen MR) is 61.9 cm³/mol. The Morgan fingerprint density at radius 3 is 3.00 bits per heavy atom. The maximum absolute atomic E-state index is 9.38. The first-order valence-electron chi connectivity index (χ1n) is 4.29. The molecule has 1 aromatic carbocycles. The van der Waals surface area contributed by atoms with Crippen LogP contribution >= 0.6 is 24.0 Å². The van der Waals surface area contributed by atoms with E-state index in [0.29, 0.717) is 11.7 Å². The number of benzene rings is 1. The lowest BCUT2D eigenvalue weighted by Gasteiger charge is -2.06. The van der Waals surface area contributed by atoms with E-state index in [1.165, 1.54) is 11.3 Å². The molecule has 2 rings (SSSR count). The van der Waals surface area contributed by atoms with Gasteiger partial charge in [-0.2, -0.15) is 0 Å². The molecule has 0 radical (unpaired) electrons. The molecule has 1 N–H and O–H groups in total. The topological polar surface area (TPSA) is 29.5 Å². The maximum Gasteiger partial charge on any atom is 0.172 e. The van der Waals surface area contributed by atoms with Crippen molar-refractivity contribution in [1.82, 2.24) is 0 Å². The van der Waals surface area contributed by atoms with Gasteiger partial charge in [0.25, 0.3) is 0 Å². The number of hydrogen-bond donors (Lipinski definition) is 2. The van der Waals surface area contributed by atoms with E-state index in [1.807, 2.05) is 19.1 Å². The fraction of sp³-hybridized carbons (Fsp3) is 0.200. The van der Waals surface area contributed by atoms with Crippen LogP contribution in [0, 0.1) is 0 Å². The molecule has 0 aliphatic carbocycles. The van der Waals surface area contributed by atoms with Gasteiger partial charge in [-0.05, 0) is 19.1 Å². The molecule has 74 valence electrons. The number of ether oxygens (including phenoxy) is 1. The lowest BCUT2D eigenvalue weighted by atomic mass is 10.2. The van der Waals surface area contributed by atoms with Gasteiger partial charge in [-0.1, -0.05) is 11.3 Å². The average Bonchev–Trinajstić information content (AvgIpc) is 2.51.